The summed E-state index contributed by atoms with van der Waals surface area (Å²) in [5.74, 6) is 0.140. The number of ether oxygens (including phenoxy) is 2. The van der Waals surface area contributed by atoms with Gasteiger partial charge in [-0.3, -0.25) is 0 Å². The topological polar surface area (TPSA) is 35.5 Å². The Balaban J connectivity index is 1.63. The predicted molar refractivity (Wildman–Crippen MR) is 82.7 cm³/mol. The van der Waals surface area contributed by atoms with Gasteiger partial charge in [0, 0.05) is 0 Å². The van der Waals surface area contributed by atoms with E-state index in [0.29, 0.717) is 27.5 Å². The number of cyclic esters (lactones) is 1. The average Bonchev–Trinajstić information content (AvgIpc) is 2.88. The summed E-state index contributed by atoms with van der Waals surface area (Å²) in [7, 11) is 0. The Labute approximate surface area is 131 Å². The van der Waals surface area contributed by atoms with Crippen LogP contribution >= 0.6 is 0 Å². The van der Waals surface area contributed by atoms with Crippen LogP contribution in [0, 0.1) is 11.8 Å². The monoisotopic (exact) mass is 352 g/mol. The van der Waals surface area contributed by atoms with Crippen molar-refractivity contribution in [3.05, 3.63) is 42.5 Å². The number of allylic oxidation sites excluding steroid dienone is 1. The molecule has 0 saturated carbocycles. The van der Waals surface area contributed by atoms with Crippen molar-refractivity contribution in [2.24, 2.45) is 11.8 Å². The first-order chi connectivity index (χ1) is 10.3. The molecule has 112 valence electrons. The normalized spacial score (nSPS) is 32.1. The minimum absolute atomic E-state index is 0.0879. The van der Waals surface area contributed by atoms with Crippen LogP contribution in [0.15, 0.2) is 42.5 Å². The first-order valence-electron chi connectivity index (χ1n) is 7.40. The molecule has 0 amide bonds. The Morgan fingerprint density at radius 1 is 1.33 bits per heavy atom. The van der Waals surface area contributed by atoms with Crippen molar-refractivity contribution in [2.75, 3.05) is 6.61 Å². The Morgan fingerprint density at radius 3 is 2.90 bits per heavy atom. The Hall–Kier alpha value is -1.09. The second kappa shape index (κ2) is 6.78. The van der Waals surface area contributed by atoms with Gasteiger partial charge in [-0.15, -0.1) is 0 Å². The molecule has 21 heavy (non-hydrogen) atoms. The van der Waals surface area contributed by atoms with Crippen molar-refractivity contribution in [3.63, 3.8) is 0 Å². The molecule has 3 rings (SSSR count). The maximum absolute atomic E-state index is 11.8. The van der Waals surface area contributed by atoms with Crippen molar-refractivity contribution in [1.29, 1.82) is 0 Å². The van der Waals surface area contributed by atoms with Crippen LogP contribution in [0.4, 0.5) is 0 Å². The van der Waals surface area contributed by atoms with E-state index in [9.17, 15) is 4.79 Å². The van der Waals surface area contributed by atoms with Crippen LogP contribution in [0.3, 0.4) is 0 Å². The number of carbonyl (C=O) groups is 1. The SMILES string of the molecule is C/C=C/[C@H]1O[C@@H](C[Se]c2ccccc2)C[C@H]2COC(=O)[C@@H]21. The number of rotatable bonds is 4. The molecular weight excluding hydrogens is 331 g/mol. The number of esters is 1. The summed E-state index contributed by atoms with van der Waals surface area (Å²) in [6.07, 6.45) is 5.05. The molecule has 2 heterocycles. The van der Waals surface area contributed by atoms with Gasteiger partial charge in [-0.05, 0) is 0 Å². The second-order valence-electron chi connectivity index (χ2n) is 5.52. The molecule has 2 aliphatic heterocycles. The van der Waals surface area contributed by atoms with Crippen LogP contribution in [0.1, 0.15) is 13.3 Å². The van der Waals surface area contributed by atoms with Crippen molar-refractivity contribution in [2.45, 2.75) is 30.9 Å². The van der Waals surface area contributed by atoms with E-state index >= 15 is 0 Å². The van der Waals surface area contributed by atoms with Gasteiger partial charge in [0.1, 0.15) is 0 Å². The van der Waals surface area contributed by atoms with E-state index in [2.05, 4.69) is 24.3 Å². The van der Waals surface area contributed by atoms with Gasteiger partial charge in [-0.1, -0.05) is 0 Å². The molecule has 0 aromatic heterocycles. The zero-order valence-electron chi connectivity index (χ0n) is 12.1. The summed E-state index contributed by atoms with van der Waals surface area (Å²) in [6, 6.07) is 10.6. The molecule has 1 aromatic carbocycles. The van der Waals surface area contributed by atoms with Gasteiger partial charge in [0.05, 0.1) is 0 Å². The third-order valence-corrected chi connectivity index (χ3v) is 6.45. The quantitative estimate of drug-likeness (QED) is 0.473. The van der Waals surface area contributed by atoms with Gasteiger partial charge in [0.25, 0.3) is 0 Å². The zero-order chi connectivity index (χ0) is 14.7. The molecular formula is C17H20O3Se. The molecule has 0 N–H and O–H groups in total. The molecule has 0 unspecified atom stereocenters. The number of benzene rings is 1. The van der Waals surface area contributed by atoms with E-state index in [0.717, 1.165) is 11.7 Å². The van der Waals surface area contributed by atoms with Crippen molar-refractivity contribution in [3.8, 4) is 0 Å². The van der Waals surface area contributed by atoms with Gasteiger partial charge >= 0.3 is 131 Å². The second-order valence-corrected chi connectivity index (χ2v) is 7.82. The summed E-state index contributed by atoms with van der Waals surface area (Å²) in [4.78, 5) is 11.8. The van der Waals surface area contributed by atoms with Crippen LogP contribution in [0.2, 0.25) is 5.32 Å². The number of hydrogen-bond donors (Lipinski definition) is 0. The van der Waals surface area contributed by atoms with Crippen molar-refractivity contribution in [1.82, 2.24) is 0 Å². The van der Waals surface area contributed by atoms with Crippen LogP contribution in [0.25, 0.3) is 0 Å². The Bertz CT molecular complexity index is 514. The Morgan fingerprint density at radius 2 is 2.14 bits per heavy atom. The van der Waals surface area contributed by atoms with Crippen molar-refractivity contribution < 1.29 is 14.3 Å². The van der Waals surface area contributed by atoms with E-state index in [1.807, 2.05) is 25.1 Å². The Kier molecular flexibility index (Phi) is 4.79. The fourth-order valence-electron chi connectivity index (χ4n) is 3.07. The van der Waals surface area contributed by atoms with Crippen molar-refractivity contribution >= 4 is 25.4 Å². The summed E-state index contributed by atoms with van der Waals surface area (Å²) in [5, 5.41) is 1.06. The third kappa shape index (κ3) is 3.39. The van der Waals surface area contributed by atoms with Gasteiger partial charge in [0.2, 0.25) is 0 Å². The van der Waals surface area contributed by atoms with Gasteiger partial charge < -0.3 is 0 Å². The van der Waals surface area contributed by atoms with E-state index in [4.69, 9.17) is 9.47 Å². The first kappa shape index (κ1) is 14.8. The fourth-order valence-corrected chi connectivity index (χ4v) is 5.04. The fraction of sp³-hybridized carbons (Fsp3) is 0.471. The summed E-state index contributed by atoms with van der Waals surface area (Å²) in [5.41, 5.74) is 0. The molecule has 4 heteroatoms. The summed E-state index contributed by atoms with van der Waals surface area (Å²) in [6.45, 7) is 2.53. The number of hydrogen-bond acceptors (Lipinski definition) is 3. The standard InChI is InChI=1S/C17H20O3Se/c1-2-6-15-16-12(10-19-17(16)18)9-13(20-15)11-21-14-7-4-3-5-8-14/h2-8,12-13,15-16H,9-11H2,1H3/b6-2+/t12-,13+,15+,16-/m0/s1. The third-order valence-electron chi connectivity index (χ3n) is 4.05. The van der Waals surface area contributed by atoms with Crippen LogP contribution in [0.5, 0.6) is 0 Å². The molecule has 0 aliphatic carbocycles. The average molecular weight is 351 g/mol. The molecule has 3 nitrogen and oxygen atoms in total. The zero-order valence-corrected chi connectivity index (χ0v) is 13.8. The van der Waals surface area contributed by atoms with Gasteiger partial charge in [-0.25, -0.2) is 0 Å². The van der Waals surface area contributed by atoms with E-state index < -0.39 is 0 Å². The minimum atomic E-state index is -0.111. The molecule has 0 bridgehead atoms. The molecule has 2 aliphatic rings. The molecule has 1 aromatic rings. The van der Waals surface area contributed by atoms with Gasteiger partial charge in [0.15, 0.2) is 0 Å². The van der Waals surface area contributed by atoms with E-state index in [1.54, 1.807) is 0 Å². The molecule has 4 atom stereocenters. The van der Waals surface area contributed by atoms with Crippen LogP contribution < -0.4 is 4.46 Å². The van der Waals surface area contributed by atoms with Crippen LogP contribution in [-0.4, -0.2) is 39.7 Å². The predicted octanol–water partition coefficient (Wildman–Crippen LogP) is 1.96. The molecule has 2 saturated heterocycles. The molecule has 0 radical (unpaired) electrons. The maximum atomic E-state index is 11.8. The van der Waals surface area contributed by atoms with E-state index in [-0.39, 0.29) is 24.1 Å². The van der Waals surface area contributed by atoms with Gasteiger partial charge in [-0.2, -0.15) is 0 Å². The summed E-state index contributed by atoms with van der Waals surface area (Å²) < 4.78 is 12.8. The molecule has 2 fully saturated rings. The number of fused-ring (bicyclic) bond motifs is 1. The van der Waals surface area contributed by atoms with E-state index in [1.165, 1.54) is 4.46 Å². The summed E-state index contributed by atoms with van der Waals surface area (Å²) >= 11 is 0.419. The van der Waals surface area contributed by atoms with Crippen LogP contribution in [-0.2, 0) is 14.3 Å². The number of carbonyl (C=O) groups excluding carboxylic acids is 1. The molecule has 0 spiro atoms. The first-order valence-corrected chi connectivity index (χ1v) is 9.47.